The van der Waals surface area contributed by atoms with Gasteiger partial charge in [-0.15, -0.1) is 23.2 Å². The molecule has 2 heterocycles. The molecule has 2 aromatic carbocycles. The third-order valence-electron chi connectivity index (χ3n) is 5.33. The number of anilines is 2. The summed E-state index contributed by atoms with van der Waals surface area (Å²) < 4.78 is 5.29. The second kappa shape index (κ2) is 11.5. The molecule has 34 heavy (non-hydrogen) atoms. The SMILES string of the molecule is COc1ccc(C2=NN(c3cc(Cl)cc(Cl)c3)C(c3sc(N(CCCl)CCCl)nc3Cl)C2)cc1. The van der Waals surface area contributed by atoms with Crippen LogP contribution in [0.25, 0.3) is 0 Å². The Morgan fingerprint density at radius 3 is 2.26 bits per heavy atom. The summed E-state index contributed by atoms with van der Waals surface area (Å²) in [5, 5.41) is 9.13. The van der Waals surface area contributed by atoms with Crippen LogP contribution >= 0.6 is 69.3 Å². The van der Waals surface area contributed by atoms with E-state index < -0.39 is 0 Å². The number of thiazole rings is 1. The molecule has 11 heteroatoms. The molecule has 0 spiro atoms. The van der Waals surface area contributed by atoms with Gasteiger partial charge in [0.25, 0.3) is 0 Å². The van der Waals surface area contributed by atoms with Gasteiger partial charge in [-0.2, -0.15) is 5.10 Å². The van der Waals surface area contributed by atoms with Gasteiger partial charge in [-0.25, -0.2) is 4.98 Å². The molecule has 1 atom stereocenters. The smallest absolute Gasteiger partial charge is 0.187 e. The summed E-state index contributed by atoms with van der Waals surface area (Å²) in [5.74, 6) is 1.71. The first-order valence-electron chi connectivity index (χ1n) is 10.4. The standard InChI is InChI=1S/C23H21Cl5N4OS/c1-33-18-4-2-14(3-5-18)19-13-20(32(30-19)17-11-15(26)10-16(27)12-17)21-22(28)29-23(34-21)31(8-6-24)9-7-25/h2-5,10-12,20H,6-9,13H2,1H3. The molecule has 4 rings (SSSR count). The Bertz CT molecular complexity index is 1140. The molecule has 0 N–H and O–H groups in total. The molecule has 5 nitrogen and oxygen atoms in total. The summed E-state index contributed by atoms with van der Waals surface area (Å²) in [6.07, 6.45) is 0.628. The van der Waals surface area contributed by atoms with Crippen LogP contribution in [-0.2, 0) is 0 Å². The Morgan fingerprint density at radius 2 is 1.68 bits per heavy atom. The van der Waals surface area contributed by atoms with Gasteiger partial charge < -0.3 is 9.64 Å². The van der Waals surface area contributed by atoms with Crippen LogP contribution in [0.2, 0.25) is 15.2 Å². The Kier molecular flexibility index (Phi) is 8.72. The van der Waals surface area contributed by atoms with Crippen molar-refractivity contribution in [1.29, 1.82) is 0 Å². The Hall–Kier alpha value is -1.41. The zero-order chi connectivity index (χ0) is 24.2. The molecule has 180 valence electrons. The normalized spacial score (nSPS) is 15.5. The molecule has 0 radical (unpaired) electrons. The van der Waals surface area contributed by atoms with Gasteiger partial charge in [0.1, 0.15) is 10.9 Å². The van der Waals surface area contributed by atoms with E-state index in [1.54, 1.807) is 13.2 Å². The lowest BCUT2D eigenvalue weighted by Gasteiger charge is -2.23. The zero-order valence-corrected chi connectivity index (χ0v) is 22.7. The van der Waals surface area contributed by atoms with Crippen molar-refractivity contribution in [2.75, 3.05) is 41.9 Å². The van der Waals surface area contributed by atoms with Crippen molar-refractivity contribution in [3.05, 3.63) is 68.1 Å². The monoisotopic (exact) mass is 576 g/mol. The molecule has 0 saturated carbocycles. The molecular formula is C23H21Cl5N4OS. The number of nitrogens with zero attached hydrogens (tertiary/aromatic N) is 4. The second-order valence-corrected chi connectivity index (χ2v) is 10.5. The summed E-state index contributed by atoms with van der Waals surface area (Å²) in [6.45, 7) is 1.26. The fraction of sp³-hybridized carbons (Fsp3) is 0.304. The topological polar surface area (TPSA) is 41.0 Å². The highest BCUT2D eigenvalue weighted by molar-refractivity contribution is 7.16. The molecule has 3 aromatic rings. The Balaban J connectivity index is 1.74. The maximum atomic E-state index is 6.68. The maximum absolute atomic E-state index is 6.68. The summed E-state index contributed by atoms with van der Waals surface area (Å²) in [6, 6.07) is 13.0. The van der Waals surface area contributed by atoms with Gasteiger partial charge in [0.05, 0.1) is 29.4 Å². The quantitative estimate of drug-likeness (QED) is 0.244. The van der Waals surface area contributed by atoms with Gasteiger partial charge in [-0.3, -0.25) is 5.01 Å². The van der Waals surface area contributed by atoms with Crippen LogP contribution in [0, 0.1) is 0 Å². The molecule has 0 amide bonds. The van der Waals surface area contributed by atoms with Crippen LogP contribution in [0.4, 0.5) is 10.8 Å². The van der Waals surface area contributed by atoms with Crippen molar-refractivity contribution in [3.8, 4) is 5.75 Å². The van der Waals surface area contributed by atoms with E-state index in [4.69, 9.17) is 67.8 Å². The number of hydrogen-bond acceptors (Lipinski definition) is 6. The van der Waals surface area contributed by atoms with Crippen molar-refractivity contribution >= 4 is 85.9 Å². The molecule has 0 aliphatic carbocycles. The number of ether oxygens (including phenoxy) is 1. The summed E-state index contributed by atoms with van der Waals surface area (Å²) >= 11 is 32.8. The van der Waals surface area contributed by atoms with Gasteiger partial charge in [0.15, 0.2) is 5.13 Å². The summed E-state index contributed by atoms with van der Waals surface area (Å²) in [4.78, 5) is 7.56. The molecule has 0 saturated heterocycles. The van der Waals surface area contributed by atoms with E-state index in [0.29, 0.717) is 46.5 Å². The lowest BCUT2D eigenvalue weighted by Crippen LogP contribution is -2.27. The van der Waals surface area contributed by atoms with Crippen LogP contribution in [0.15, 0.2) is 47.6 Å². The third kappa shape index (κ3) is 5.69. The molecular weight excluding hydrogens is 558 g/mol. The van der Waals surface area contributed by atoms with E-state index in [-0.39, 0.29) is 6.04 Å². The van der Waals surface area contributed by atoms with Crippen molar-refractivity contribution in [1.82, 2.24) is 4.98 Å². The Labute approximate surface area is 227 Å². The summed E-state index contributed by atoms with van der Waals surface area (Å²) in [5.41, 5.74) is 2.68. The summed E-state index contributed by atoms with van der Waals surface area (Å²) in [7, 11) is 1.64. The van der Waals surface area contributed by atoms with Crippen LogP contribution in [-0.4, -0.2) is 42.7 Å². The zero-order valence-electron chi connectivity index (χ0n) is 18.1. The Morgan fingerprint density at radius 1 is 1.03 bits per heavy atom. The van der Waals surface area contributed by atoms with Crippen molar-refractivity contribution in [3.63, 3.8) is 0 Å². The van der Waals surface area contributed by atoms with Gasteiger partial charge in [-0.05, 0) is 48.0 Å². The second-order valence-electron chi connectivity index (χ2n) is 7.48. The van der Waals surface area contributed by atoms with Gasteiger partial charge in [-0.1, -0.05) is 46.1 Å². The van der Waals surface area contributed by atoms with E-state index in [0.717, 1.165) is 32.7 Å². The average Bonchev–Trinajstić information content (AvgIpc) is 3.42. The first kappa shape index (κ1) is 25.7. The van der Waals surface area contributed by atoms with Crippen molar-refractivity contribution < 1.29 is 4.74 Å². The van der Waals surface area contributed by atoms with Crippen LogP contribution in [0.5, 0.6) is 5.75 Å². The number of hydrazone groups is 1. The van der Waals surface area contributed by atoms with Gasteiger partial charge in [0.2, 0.25) is 0 Å². The highest BCUT2D eigenvalue weighted by Crippen LogP contribution is 2.44. The van der Waals surface area contributed by atoms with Crippen LogP contribution in [0.1, 0.15) is 22.9 Å². The number of halogens is 5. The van der Waals surface area contributed by atoms with E-state index in [9.17, 15) is 0 Å². The predicted octanol–water partition coefficient (Wildman–Crippen LogP) is 7.75. The molecule has 0 bridgehead atoms. The number of alkyl halides is 2. The minimum Gasteiger partial charge on any atom is -0.497 e. The fourth-order valence-corrected chi connectivity index (χ4v) is 6.12. The molecule has 1 aliphatic heterocycles. The average molecular weight is 579 g/mol. The predicted molar refractivity (Wildman–Crippen MR) is 147 cm³/mol. The minimum atomic E-state index is -0.181. The third-order valence-corrected chi connectivity index (χ3v) is 7.72. The fourth-order valence-electron chi connectivity index (χ4n) is 3.73. The molecule has 0 fully saturated rings. The highest BCUT2D eigenvalue weighted by atomic mass is 35.5. The number of hydrogen-bond donors (Lipinski definition) is 0. The minimum absolute atomic E-state index is 0.181. The van der Waals surface area contributed by atoms with E-state index in [2.05, 4.69) is 4.98 Å². The van der Waals surface area contributed by atoms with Crippen molar-refractivity contribution in [2.45, 2.75) is 12.5 Å². The van der Waals surface area contributed by atoms with E-state index in [1.165, 1.54) is 11.3 Å². The lowest BCUT2D eigenvalue weighted by atomic mass is 10.0. The van der Waals surface area contributed by atoms with Crippen LogP contribution in [0.3, 0.4) is 0 Å². The molecule has 1 unspecified atom stereocenters. The number of aromatic nitrogens is 1. The first-order chi connectivity index (χ1) is 16.4. The van der Waals surface area contributed by atoms with Crippen LogP contribution < -0.4 is 14.6 Å². The number of rotatable bonds is 9. The largest absolute Gasteiger partial charge is 0.497 e. The highest BCUT2D eigenvalue weighted by Gasteiger charge is 2.34. The number of methoxy groups -OCH3 is 1. The van der Waals surface area contributed by atoms with Gasteiger partial charge >= 0.3 is 0 Å². The first-order valence-corrected chi connectivity index (χ1v) is 13.5. The number of benzene rings is 2. The lowest BCUT2D eigenvalue weighted by molar-refractivity contribution is 0.415. The van der Waals surface area contributed by atoms with E-state index >= 15 is 0 Å². The van der Waals surface area contributed by atoms with Crippen molar-refractivity contribution in [2.24, 2.45) is 5.10 Å². The maximum Gasteiger partial charge on any atom is 0.187 e. The van der Waals surface area contributed by atoms with E-state index in [1.807, 2.05) is 46.3 Å². The molecule has 1 aliphatic rings. The molecule has 1 aromatic heterocycles. The van der Waals surface area contributed by atoms with Gasteiger partial charge in [0, 0.05) is 41.3 Å².